The molecule has 0 aliphatic carbocycles. The third kappa shape index (κ3) is 2.22. The molecule has 0 aromatic heterocycles. The van der Waals surface area contributed by atoms with Crippen LogP contribution in [-0.4, -0.2) is 45.6 Å². The van der Waals surface area contributed by atoms with E-state index in [1.165, 1.54) is 16.4 Å². The molecule has 0 bridgehead atoms. The average Bonchev–Trinajstić information content (AvgIpc) is 2.48. The van der Waals surface area contributed by atoms with Gasteiger partial charge in [-0.25, -0.2) is 9.80 Å². The predicted octanol–water partition coefficient (Wildman–Crippen LogP) is 0.832. The van der Waals surface area contributed by atoms with E-state index in [1.54, 1.807) is 5.01 Å². The number of thiol groups is 1. The Morgan fingerprint density at radius 3 is 3.00 bits per heavy atom. The lowest BCUT2D eigenvalue weighted by molar-refractivity contribution is 0.0873. The quantitative estimate of drug-likeness (QED) is 0.501. The minimum atomic E-state index is -0.852. The van der Waals surface area contributed by atoms with Crippen molar-refractivity contribution in [1.29, 1.82) is 0 Å². The number of hydrazine groups is 1. The van der Waals surface area contributed by atoms with E-state index in [9.17, 15) is 4.79 Å². The summed E-state index contributed by atoms with van der Waals surface area (Å²) >= 11 is 1.17. The third-order valence-electron chi connectivity index (χ3n) is 1.69. The number of nitrogens with zero attached hydrogens (tertiary/aromatic N) is 2. The lowest BCUT2D eigenvalue weighted by Crippen LogP contribution is -2.39. The van der Waals surface area contributed by atoms with Crippen molar-refractivity contribution < 1.29 is 9.90 Å². The second-order valence-electron chi connectivity index (χ2n) is 2.54. The Hall–Kier alpha value is -0.550. The highest BCUT2D eigenvalue weighted by atomic mass is 32.1. The monoisotopic (exact) mass is 190 g/mol. The highest BCUT2D eigenvalue weighted by Crippen LogP contribution is 2.08. The normalized spacial score (nSPS) is 19.9. The minimum Gasteiger partial charge on any atom is -0.464 e. The van der Waals surface area contributed by atoms with Crippen molar-refractivity contribution >= 4 is 22.9 Å². The average molecular weight is 190 g/mol. The lowest BCUT2D eigenvalue weighted by Gasteiger charge is -2.20. The van der Waals surface area contributed by atoms with Gasteiger partial charge in [0.2, 0.25) is 0 Å². The Morgan fingerprint density at radius 1 is 1.67 bits per heavy atom. The topological polar surface area (TPSA) is 43.8 Å². The zero-order chi connectivity index (χ0) is 8.97. The van der Waals surface area contributed by atoms with Crippen molar-refractivity contribution in [2.24, 2.45) is 0 Å². The Balaban J connectivity index is 2.52. The number of amides is 1. The fourth-order valence-electron chi connectivity index (χ4n) is 1.13. The van der Waals surface area contributed by atoms with Gasteiger partial charge in [-0.15, -0.1) is 0 Å². The van der Waals surface area contributed by atoms with Crippen LogP contribution in [0.15, 0.2) is 0 Å². The largest absolute Gasteiger partial charge is 0.464 e. The Kier molecular flexibility index (Phi) is 3.55. The van der Waals surface area contributed by atoms with Crippen molar-refractivity contribution in [1.82, 2.24) is 10.0 Å². The molecule has 70 valence electrons. The van der Waals surface area contributed by atoms with Gasteiger partial charge in [0, 0.05) is 18.6 Å². The molecule has 1 fully saturated rings. The molecule has 1 rings (SSSR count). The van der Waals surface area contributed by atoms with E-state index in [0.717, 1.165) is 18.7 Å². The molecule has 12 heavy (non-hydrogen) atoms. The van der Waals surface area contributed by atoms with Gasteiger partial charge in [-0.3, -0.25) is 0 Å². The van der Waals surface area contributed by atoms with Crippen molar-refractivity contribution in [3.05, 3.63) is 0 Å². The van der Waals surface area contributed by atoms with Crippen molar-refractivity contribution in [2.75, 3.05) is 18.8 Å². The van der Waals surface area contributed by atoms with Gasteiger partial charge in [0.1, 0.15) is 0 Å². The maximum Gasteiger partial charge on any atom is 0.422 e. The maximum atomic E-state index is 10.6. The van der Waals surface area contributed by atoms with E-state index in [1.807, 2.05) is 5.49 Å². The first-order chi connectivity index (χ1) is 5.75. The van der Waals surface area contributed by atoms with Crippen molar-refractivity contribution in [3.63, 3.8) is 0 Å². The number of hydrogen-bond donors (Lipinski definition) is 2. The van der Waals surface area contributed by atoms with E-state index < -0.39 is 6.09 Å². The van der Waals surface area contributed by atoms with Crippen molar-refractivity contribution in [3.8, 4) is 0 Å². The lowest BCUT2D eigenvalue weighted by atomic mass is 10.5. The second kappa shape index (κ2) is 4.47. The molecular formula is C7H14N2O2S. The molecule has 1 heterocycles. The summed E-state index contributed by atoms with van der Waals surface area (Å²) in [6.07, 6.45) is 0.0808. The van der Waals surface area contributed by atoms with Crippen LogP contribution in [0.4, 0.5) is 4.79 Å². The molecule has 0 radical (unpaired) electrons. The fraction of sp³-hybridized carbons (Fsp3) is 0.714. The fourth-order valence-corrected chi connectivity index (χ4v) is 1.73. The summed E-state index contributed by atoms with van der Waals surface area (Å²) in [5.74, 6) is 1.03. The maximum absolute atomic E-state index is 10.6. The van der Waals surface area contributed by atoms with Crippen LogP contribution in [0.25, 0.3) is 0 Å². The van der Waals surface area contributed by atoms with Gasteiger partial charge in [0.25, 0.3) is 0 Å². The van der Waals surface area contributed by atoms with Gasteiger partial charge < -0.3 is 5.11 Å². The molecule has 1 N–H and O–H groups in total. The molecule has 0 saturated carbocycles. The van der Waals surface area contributed by atoms with Gasteiger partial charge in [0.05, 0.1) is 0 Å². The Morgan fingerprint density at radius 2 is 2.42 bits per heavy atom. The standard InChI is InChI=1S/C7H14N2O2S/c1-2-12-6-8-4-3-5-9(8)7(10)11/h6,12H,2-5H2,1H3,(H,10,11). The molecular weight excluding hydrogens is 176 g/mol. The smallest absolute Gasteiger partial charge is 0.422 e. The Labute approximate surface area is 75.7 Å². The number of carboxylic acid groups (broad SMARTS) is 1. The van der Waals surface area contributed by atoms with Crippen LogP contribution >= 0.6 is 11.4 Å². The first kappa shape index (κ1) is 9.54. The summed E-state index contributed by atoms with van der Waals surface area (Å²) in [5.41, 5.74) is 1.93. The van der Waals surface area contributed by atoms with Crippen LogP contribution in [0.5, 0.6) is 0 Å². The first-order valence-electron chi connectivity index (χ1n) is 4.02. The molecule has 1 saturated heterocycles. The molecule has 4 nitrogen and oxygen atoms in total. The molecule has 1 aliphatic heterocycles. The van der Waals surface area contributed by atoms with E-state index >= 15 is 0 Å². The van der Waals surface area contributed by atoms with Crippen LogP contribution in [-0.2, 0) is 0 Å². The molecule has 1 aliphatic rings. The second-order valence-corrected chi connectivity index (χ2v) is 3.77. The molecule has 0 spiro atoms. The summed E-state index contributed by atoms with van der Waals surface area (Å²) in [7, 11) is 0. The number of hydrogen-bond acceptors (Lipinski definition) is 1. The molecule has 0 aromatic rings. The molecule has 1 amide bonds. The number of carbonyl (C=O) groups is 1. The highest BCUT2D eigenvalue weighted by molar-refractivity contribution is 7.97. The van der Waals surface area contributed by atoms with Crippen LogP contribution in [0.2, 0.25) is 0 Å². The zero-order valence-electron chi connectivity index (χ0n) is 7.10. The van der Waals surface area contributed by atoms with Crippen LogP contribution in [0.1, 0.15) is 13.3 Å². The number of rotatable bonds is 2. The predicted molar refractivity (Wildman–Crippen MR) is 51.6 cm³/mol. The van der Waals surface area contributed by atoms with E-state index in [-0.39, 0.29) is 0 Å². The summed E-state index contributed by atoms with van der Waals surface area (Å²) < 4.78 is 0. The molecule has 0 atom stereocenters. The summed E-state index contributed by atoms with van der Waals surface area (Å²) in [5, 5.41) is 11.9. The minimum absolute atomic E-state index is 0.630. The SMILES string of the molecule is CC[SH]=CN1CCCN1C(=O)O. The van der Waals surface area contributed by atoms with E-state index in [2.05, 4.69) is 6.92 Å². The van der Waals surface area contributed by atoms with Crippen LogP contribution < -0.4 is 0 Å². The molecule has 0 unspecified atom stereocenters. The summed E-state index contributed by atoms with van der Waals surface area (Å²) in [4.78, 5) is 10.6. The van der Waals surface area contributed by atoms with Gasteiger partial charge in [-0.1, -0.05) is 6.92 Å². The van der Waals surface area contributed by atoms with Gasteiger partial charge in [-0.05, 0) is 12.2 Å². The highest BCUT2D eigenvalue weighted by Gasteiger charge is 2.23. The van der Waals surface area contributed by atoms with Crippen molar-refractivity contribution in [2.45, 2.75) is 13.3 Å². The summed E-state index contributed by atoms with van der Waals surface area (Å²) in [6, 6.07) is 0. The van der Waals surface area contributed by atoms with Crippen LogP contribution in [0.3, 0.4) is 0 Å². The Bertz CT molecular complexity index is 196. The zero-order valence-corrected chi connectivity index (χ0v) is 8.00. The van der Waals surface area contributed by atoms with Gasteiger partial charge >= 0.3 is 6.09 Å². The third-order valence-corrected chi connectivity index (χ3v) is 2.48. The van der Waals surface area contributed by atoms with Gasteiger partial charge in [-0.2, -0.15) is 16.4 Å². The van der Waals surface area contributed by atoms with Gasteiger partial charge in [0.15, 0.2) is 0 Å². The van der Waals surface area contributed by atoms with E-state index in [0.29, 0.717) is 6.54 Å². The first-order valence-corrected chi connectivity index (χ1v) is 5.17. The van der Waals surface area contributed by atoms with Crippen LogP contribution in [0, 0.1) is 0 Å². The molecule has 5 heteroatoms. The molecule has 0 aromatic carbocycles. The van der Waals surface area contributed by atoms with E-state index in [4.69, 9.17) is 5.11 Å². The summed E-state index contributed by atoms with van der Waals surface area (Å²) in [6.45, 7) is 3.53.